The van der Waals surface area contributed by atoms with Crippen molar-refractivity contribution in [1.29, 1.82) is 0 Å². The summed E-state index contributed by atoms with van der Waals surface area (Å²) in [6, 6.07) is 0. The lowest BCUT2D eigenvalue weighted by Gasteiger charge is -1.86. The van der Waals surface area contributed by atoms with Crippen LogP contribution in [-0.2, 0) is 4.74 Å². The summed E-state index contributed by atoms with van der Waals surface area (Å²) in [5, 5.41) is 0. The SMILES string of the molecule is CCOCC.ClCC(Cl)Cl. The normalized spacial score (nSPS) is 9.00. The summed E-state index contributed by atoms with van der Waals surface area (Å²) in [6.07, 6.45) is 0. The van der Waals surface area contributed by atoms with Gasteiger partial charge < -0.3 is 4.74 Å². The zero-order valence-electron chi connectivity index (χ0n) is 6.24. The zero-order valence-corrected chi connectivity index (χ0v) is 8.51. The Morgan fingerprint density at radius 1 is 1.20 bits per heavy atom. The topological polar surface area (TPSA) is 9.23 Å². The molecule has 0 atom stereocenters. The van der Waals surface area contributed by atoms with E-state index in [1.165, 1.54) is 0 Å². The zero-order chi connectivity index (χ0) is 8.41. The van der Waals surface area contributed by atoms with Crippen molar-refractivity contribution in [2.45, 2.75) is 18.7 Å². The van der Waals surface area contributed by atoms with E-state index in [9.17, 15) is 0 Å². The molecule has 1 nitrogen and oxygen atoms in total. The maximum absolute atomic E-state index is 5.10. The van der Waals surface area contributed by atoms with Gasteiger partial charge in [0.25, 0.3) is 0 Å². The van der Waals surface area contributed by atoms with Crippen molar-refractivity contribution in [3.63, 3.8) is 0 Å². The Labute approximate surface area is 77.6 Å². The number of hydrogen-bond donors (Lipinski definition) is 0. The molecule has 0 aliphatic heterocycles. The smallest absolute Gasteiger partial charge is 0.121 e. The molecular formula is C6H13Cl3O. The number of halogens is 3. The van der Waals surface area contributed by atoms with E-state index in [-0.39, 0.29) is 0 Å². The Morgan fingerprint density at radius 2 is 1.50 bits per heavy atom. The first-order valence-electron chi connectivity index (χ1n) is 3.10. The maximum Gasteiger partial charge on any atom is 0.121 e. The third kappa shape index (κ3) is 23.2. The van der Waals surface area contributed by atoms with Crippen LogP contribution in [0.3, 0.4) is 0 Å². The van der Waals surface area contributed by atoms with Gasteiger partial charge in [-0.15, -0.1) is 34.8 Å². The Kier molecular flexibility index (Phi) is 16.8. The van der Waals surface area contributed by atoms with Crippen LogP contribution in [0.2, 0.25) is 0 Å². The van der Waals surface area contributed by atoms with Crippen LogP contribution in [0, 0.1) is 0 Å². The first kappa shape index (κ1) is 13.4. The molecule has 0 rings (SSSR count). The molecule has 0 unspecified atom stereocenters. The molecule has 0 N–H and O–H groups in total. The van der Waals surface area contributed by atoms with Gasteiger partial charge in [0.05, 0.1) is 5.88 Å². The average molecular weight is 208 g/mol. The molecule has 4 heteroatoms. The lowest BCUT2D eigenvalue weighted by molar-refractivity contribution is 0.162. The molecule has 64 valence electrons. The Morgan fingerprint density at radius 3 is 1.50 bits per heavy atom. The third-order valence-corrected chi connectivity index (χ3v) is 1.46. The molecular weight excluding hydrogens is 194 g/mol. The van der Waals surface area contributed by atoms with E-state index in [2.05, 4.69) is 0 Å². The minimum Gasteiger partial charge on any atom is -0.382 e. The fourth-order valence-corrected chi connectivity index (χ4v) is 0.204. The van der Waals surface area contributed by atoms with Crippen molar-refractivity contribution in [3.05, 3.63) is 0 Å². The van der Waals surface area contributed by atoms with Gasteiger partial charge in [-0.2, -0.15) is 0 Å². The molecule has 0 aromatic rings. The van der Waals surface area contributed by atoms with E-state index in [4.69, 9.17) is 39.5 Å². The van der Waals surface area contributed by atoms with E-state index in [0.717, 1.165) is 13.2 Å². The van der Waals surface area contributed by atoms with E-state index < -0.39 is 4.84 Å². The molecule has 0 fully saturated rings. The number of rotatable bonds is 3. The molecule has 0 saturated heterocycles. The molecule has 0 aromatic carbocycles. The molecule has 0 aromatic heterocycles. The van der Waals surface area contributed by atoms with Crippen LogP contribution in [0.1, 0.15) is 13.8 Å². The van der Waals surface area contributed by atoms with Crippen LogP contribution in [0.25, 0.3) is 0 Å². The molecule has 0 heterocycles. The fraction of sp³-hybridized carbons (Fsp3) is 1.00. The van der Waals surface area contributed by atoms with Crippen molar-refractivity contribution in [2.24, 2.45) is 0 Å². The van der Waals surface area contributed by atoms with E-state index in [1.807, 2.05) is 13.8 Å². The molecule has 0 aliphatic rings. The quantitative estimate of drug-likeness (QED) is 0.647. The van der Waals surface area contributed by atoms with Crippen molar-refractivity contribution < 1.29 is 4.74 Å². The van der Waals surface area contributed by atoms with Crippen molar-refractivity contribution in [1.82, 2.24) is 0 Å². The van der Waals surface area contributed by atoms with Gasteiger partial charge in [-0.1, -0.05) is 0 Å². The molecule has 10 heavy (non-hydrogen) atoms. The van der Waals surface area contributed by atoms with Gasteiger partial charge >= 0.3 is 0 Å². The summed E-state index contributed by atoms with van der Waals surface area (Å²) in [6.45, 7) is 5.67. The molecule has 0 radical (unpaired) electrons. The van der Waals surface area contributed by atoms with Crippen molar-refractivity contribution >= 4 is 34.8 Å². The standard InChI is InChI=1S/C4H10O.C2H3Cl3/c1-3-5-4-2;3-1-2(4)5/h3-4H2,1-2H3;2H,1H2. The van der Waals surface area contributed by atoms with E-state index in [1.54, 1.807) is 0 Å². The number of ether oxygens (including phenoxy) is 1. The maximum atomic E-state index is 5.10. The average Bonchev–Trinajstić information content (AvgIpc) is 1.91. The van der Waals surface area contributed by atoms with Crippen LogP contribution < -0.4 is 0 Å². The van der Waals surface area contributed by atoms with Gasteiger partial charge in [-0.05, 0) is 13.8 Å². The van der Waals surface area contributed by atoms with Crippen LogP contribution in [0.4, 0.5) is 0 Å². The Balaban J connectivity index is 0. The highest BCUT2D eigenvalue weighted by atomic mass is 35.5. The predicted octanol–water partition coefficient (Wildman–Crippen LogP) is 3.07. The van der Waals surface area contributed by atoms with Crippen molar-refractivity contribution in [3.8, 4) is 0 Å². The predicted molar refractivity (Wildman–Crippen MR) is 48.4 cm³/mol. The summed E-state index contributed by atoms with van der Waals surface area (Å²) in [5.74, 6) is 0.309. The van der Waals surface area contributed by atoms with Crippen LogP contribution >= 0.6 is 34.8 Å². The lowest BCUT2D eigenvalue weighted by Crippen LogP contribution is -1.84. The fourth-order valence-electron chi connectivity index (χ4n) is 0.204. The first-order valence-corrected chi connectivity index (χ1v) is 4.51. The molecule has 0 aliphatic carbocycles. The highest BCUT2D eigenvalue weighted by molar-refractivity contribution is 6.47. The highest BCUT2D eigenvalue weighted by Gasteiger charge is 1.88. The monoisotopic (exact) mass is 206 g/mol. The van der Waals surface area contributed by atoms with Crippen LogP contribution in [0.15, 0.2) is 0 Å². The van der Waals surface area contributed by atoms with Gasteiger partial charge in [0.2, 0.25) is 0 Å². The largest absolute Gasteiger partial charge is 0.382 e. The molecule has 0 amide bonds. The van der Waals surface area contributed by atoms with Gasteiger partial charge in [-0.25, -0.2) is 0 Å². The summed E-state index contributed by atoms with van der Waals surface area (Å²) in [4.78, 5) is -0.406. The molecule has 0 saturated carbocycles. The summed E-state index contributed by atoms with van der Waals surface area (Å²) < 4.78 is 4.83. The van der Waals surface area contributed by atoms with E-state index >= 15 is 0 Å². The van der Waals surface area contributed by atoms with Crippen LogP contribution in [-0.4, -0.2) is 23.9 Å². The Hall–Kier alpha value is 0.830. The summed E-state index contributed by atoms with van der Waals surface area (Å²) in [5.41, 5.74) is 0. The molecule has 0 spiro atoms. The minimum atomic E-state index is -0.406. The second-order valence-corrected chi connectivity index (χ2v) is 2.91. The van der Waals surface area contributed by atoms with Crippen LogP contribution in [0.5, 0.6) is 0 Å². The van der Waals surface area contributed by atoms with Gasteiger partial charge in [-0.3, -0.25) is 0 Å². The van der Waals surface area contributed by atoms with Gasteiger partial charge in [0, 0.05) is 13.2 Å². The van der Waals surface area contributed by atoms with Gasteiger partial charge in [0.1, 0.15) is 4.84 Å². The Bertz CT molecular complexity index is 48.3. The minimum absolute atomic E-state index is 0.309. The third-order valence-electron chi connectivity index (χ3n) is 0.525. The van der Waals surface area contributed by atoms with Gasteiger partial charge in [0.15, 0.2) is 0 Å². The van der Waals surface area contributed by atoms with E-state index in [0.29, 0.717) is 5.88 Å². The number of hydrogen-bond acceptors (Lipinski definition) is 1. The molecule has 0 bridgehead atoms. The second-order valence-electron chi connectivity index (χ2n) is 1.33. The lowest BCUT2D eigenvalue weighted by atomic mass is 10.8. The summed E-state index contributed by atoms with van der Waals surface area (Å²) in [7, 11) is 0. The second kappa shape index (κ2) is 12.5. The number of alkyl halides is 3. The first-order chi connectivity index (χ1) is 4.68. The highest BCUT2D eigenvalue weighted by Crippen LogP contribution is 2.01. The summed E-state index contributed by atoms with van der Waals surface area (Å²) >= 11 is 15.3. The van der Waals surface area contributed by atoms with Crippen molar-refractivity contribution in [2.75, 3.05) is 19.1 Å².